The van der Waals surface area contributed by atoms with Gasteiger partial charge in [-0.3, -0.25) is 4.90 Å². The van der Waals surface area contributed by atoms with E-state index in [0.29, 0.717) is 5.92 Å². The number of benzene rings is 1. The van der Waals surface area contributed by atoms with E-state index in [1.54, 1.807) is 0 Å². The Morgan fingerprint density at radius 3 is 2.65 bits per heavy atom. The maximum absolute atomic E-state index is 9.99. The van der Waals surface area contributed by atoms with Crippen molar-refractivity contribution >= 4 is 0 Å². The Morgan fingerprint density at radius 2 is 1.97 bits per heavy atom. The van der Waals surface area contributed by atoms with Gasteiger partial charge in [-0.05, 0) is 57.3 Å². The summed E-state index contributed by atoms with van der Waals surface area (Å²) in [4.78, 5) is 4.67. The molecule has 5 nitrogen and oxygen atoms in total. The molecule has 0 saturated heterocycles. The van der Waals surface area contributed by atoms with E-state index in [1.807, 2.05) is 6.26 Å². The number of aliphatic hydroxyl groups excluding tert-OH is 1. The van der Waals surface area contributed by atoms with Gasteiger partial charge in [-0.2, -0.15) is 0 Å². The number of nitrogens with zero attached hydrogens (tertiary/aromatic N) is 2. The maximum atomic E-state index is 9.99. The zero-order valence-corrected chi connectivity index (χ0v) is 21.8. The minimum Gasteiger partial charge on any atom is -0.498 e. The molecule has 1 aromatic rings. The predicted octanol–water partition coefficient (Wildman–Crippen LogP) is 4.61. The van der Waals surface area contributed by atoms with Crippen LogP contribution in [0.4, 0.5) is 0 Å². The topological polar surface area (TPSA) is 48.0 Å². The van der Waals surface area contributed by atoms with Crippen LogP contribution in [0.1, 0.15) is 46.1 Å². The van der Waals surface area contributed by atoms with Gasteiger partial charge in [0.25, 0.3) is 0 Å². The molecule has 0 bridgehead atoms. The average molecular weight is 470 g/mol. The molecule has 1 heterocycles. The molecule has 0 radical (unpaired) electrons. The van der Waals surface area contributed by atoms with E-state index in [9.17, 15) is 5.11 Å². The number of hydrogen-bond donors (Lipinski definition) is 2. The molecule has 1 aromatic carbocycles. The molecular formula is C29H47N3O2. The molecule has 190 valence electrons. The summed E-state index contributed by atoms with van der Waals surface area (Å²) in [5, 5.41) is 13.7. The molecule has 5 heteroatoms. The summed E-state index contributed by atoms with van der Waals surface area (Å²) in [5.41, 5.74) is 2.64. The van der Waals surface area contributed by atoms with Crippen LogP contribution in [0, 0.1) is 5.92 Å². The fourth-order valence-corrected chi connectivity index (χ4v) is 4.49. The maximum Gasteiger partial charge on any atom is 0.0959 e. The summed E-state index contributed by atoms with van der Waals surface area (Å²) in [7, 11) is 0. The van der Waals surface area contributed by atoms with Gasteiger partial charge in [0.2, 0.25) is 0 Å². The number of likely N-dealkylation sites (N-methyl/N-ethyl adjacent to an activating group) is 2. The van der Waals surface area contributed by atoms with Crippen LogP contribution in [0.2, 0.25) is 0 Å². The first kappa shape index (κ1) is 28.3. The van der Waals surface area contributed by atoms with Crippen molar-refractivity contribution in [3.8, 4) is 0 Å². The highest BCUT2D eigenvalue weighted by Crippen LogP contribution is 2.25. The van der Waals surface area contributed by atoms with Crippen molar-refractivity contribution in [1.82, 2.24) is 15.1 Å². The predicted molar refractivity (Wildman–Crippen MR) is 144 cm³/mol. The first-order chi connectivity index (χ1) is 16.6. The van der Waals surface area contributed by atoms with E-state index in [0.717, 1.165) is 58.5 Å². The first-order valence-electron chi connectivity index (χ1n) is 13.1. The molecule has 34 heavy (non-hydrogen) atoms. The third-order valence-electron chi connectivity index (χ3n) is 6.69. The number of allylic oxidation sites excluding steroid dienone is 4. The van der Waals surface area contributed by atoms with Crippen LogP contribution in [0.25, 0.3) is 0 Å². The number of hydrogen-bond acceptors (Lipinski definition) is 5. The van der Waals surface area contributed by atoms with E-state index >= 15 is 0 Å². The largest absolute Gasteiger partial charge is 0.498 e. The Hall–Kier alpha value is -1.92. The Labute approximate surface area is 208 Å². The van der Waals surface area contributed by atoms with E-state index in [2.05, 4.69) is 97.4 Å². The van der Waals surface area contributed by atoms with Crippen LogP contribution in [0.5, 0.6) is 0 Å². The highest BCUT2D eigenvalue weighted by Gasteiger charge is 2.23. The highest BCUT2D eigenvalue weighted by molar-refractivity contribution is 5.23. The van der Waals surface area contributed by atoms with Crippen molar-refractivity contribution in [1.29, 1.82) is 0 Å². The van der Waals surface area contributed by atoms with E-state index in [4.69, 9.17) is 4.74 Å². The Bertz CT molecular complexity index is 743. The van der Waals surface area contributed by atoms with Crippen molar-refractivity contribution in [2.75, 3.05) is 46.0 Å². The van der Waals surface area contributed by atoms with Crippen LogP contribution in [0.3, 0.4) is 0 Å². The van der Waals surface area contributed by atoms with Crippen LogP contribution in [-0.2, 0) is 11.2 Å². The average Bonchev–Trinajstić information content (AvgIpc) is 2.86. The molecule has 2 rings (SSSR count). The fraction of sp³-hybridized carbons (Fsp3) is 0.586. The van der Waals surface area contributed by atoms with E-state index < -0.39 is 0 Å². The highest BCUT2D eigenvalue weighted by atomic mass is 16.5. The Balaban J connectivity index is 1.94. The molecule has 2 N–H and O–H groups in total. The summed E-state index contributed by atoms with van der Waals surface area (Å²) in [5.74, 6) is 0.441. The fourth-order valence-electron chi connectivity index (χ4n) is 4.49. The quantitative estimate of drug-likeness (QED) is 0.273. The number of aliphatic hydroxyl groups is 1. The first-order valence-corrected chi connectivity index (χ1v) is 13.1. The van der Waals surface area contributed by atoms with Crippen molar-refractivity contribution < 1.29 is 9.84 Å². The molecule has 0 saturated carbocycles. The van der Waals surface area contributed by atoms with Crippen molar-refractivity contribution in [3.63, 3.8) is 0 Å². The summed E-state index contributed by atoms with van der Waals surface area (Å²) in [6, 6.07) is 11.0. The Kier molecular flexibility index (Phi) is 13.9. The summed E-state index contributed by atoms with van der Waals surface area (Å²) < 4.78 is 5.80. The van der Waals surface area contributed by atoms with Crippen LogP contribution in [-0.4, -0.2) is 73.1 Å². The van der Waals surface area contributed by atoms with Gasteiger partial charge in [0, 0.05) is 38.1 Å². The minimum absolute atomic E-state index is 0.0895. The van der Waals surface area contributed by atoms with Gasteiger partial charge in [-0.25, -0.2) is 0 Å². The smallest absolute Gasteiger partial charge is 0.0959 e. The molecule has 1 aliphatic rings. The lowest BCUT2D eigenvalue weighted by Gasteiger charge is -2.34. The van der Waals surface area contributed by atoms with Gasteiger partial charge in [0.1, 0.15) is 0 Å². The lowest BCUT2D eigenvalue weighted by molar-refractivity contribution is 0.0533. The van der Waals surface area contributed by atoms with Crippen LogP contribution < -0.4 is 5.32 Å². The second-order valence-electron chi connectivity index (χ2n) is 9.19. The van der Waals surface area contributed by atoms with Crippen molar-refractivity contribution in [2.45, 2.75) is 59.1 Å². The third-order valence-corrected chi connectivity index (χ3v) is 6.69. The number of rotatable bonds is 16. The number of nitrogens with one attached hydrogen (secondary N) is 1. The number of ether oxygens (including phenoxy) is 1. The second-order valence-corrected chi connectivity index (χ2v) is 9.19. The van der Waals surface area contributed by atoms with Gasteiger partial charge in [0.15, 0.2) is 0 Å². The molecule has 0 aliphatic carbocycles. The van der Waals surface area contributed by atoms with Crippen LogP contribution in [0.15, 0.2) is 66.5 Å². The minimum atomic E-state index is 0.0895. The van der Waals surface area contributed by atoms with Gasteiger partial charge in [0.05, 0.1) is 19.1 Å². The lowest BCUT2D eigenvalue weighted by Crippen LogP contribution is -2.50. The SMILES string of the molecule is C/C=C\C/C=C/C1=COC(C)CC1CNCC(CN(CC)CCc1ccccc1)N(CC)CO. The molecule has 3 atom stereocenters. The van der Waals surface area contributed by atoms with Gasteiger partial charge < -0.3 is 20.1 Å². The third kappa shape index (κ3) is 10.1. The molecule has 3 unspecified atom stereocenters. The summed E-state index contributed by atoms with van der Waals surface area (Å²) >= 11 is 0. The molecular weight excluding hydrogens is 422 g/mol. The van der Waals surface area contributed by atoms with Crippen LogP contribution >= 0.6 is 0 Å². The van der Waals surface area contributed by atoms with Gasteiger partial charge in [-0.15, -0.1) is 0 Å². The van der Waals surface area contributed by atoms with E-state index in [1.165, 1.54) is 11.1 Å². The standard InChI is InChI=1S/C29H47N3O2/c1-5-8-9-13-16-27-23-34-25(4)19-28(27)20-30-21-29(32(7-3)24-33)22-31(6-2)18-17-26-14-11-10-12-15-26/h5,8,10-16,23,25,28-30,33H,6-7,9,17-22,24H2,1-4H3/b8-5-,16-13+. The molecule has 0 spiro atoms. The normalized spacial score (nSPS) is 19.8. The molecule has 0 aromatic heterocycles. The Morgan fingerprint density at radius 1 is 1.18 bits per heavy atom. The van der Waals surface area contributed by atoms with Crippen molar-refractivity contribution in [2.24, 2.45) is 5.92 Å². The lowest BCUT2D eigenvalue weighted by atomic mass is 9.91. The molecule has 0 fully saturated rings. The zero-order chi connectivity index (χ0) is 24.6. The molecule has 0 amide bonds. The molecule has 1 aliphatic heterocycles. The monoisotopic (exact) mass is 469 g/mol. The zero-order valence-electron chi connectivity index (χ0n) is 21.8. The van der Waals surface area contributed by atoms with Crippen molar-refractivity contribution in [3.05, 3.63) is 72.0 Å². The summed E-state index contributed by atoms with van der Waals surface area (Å²) in [6.07, 6.45) is 13.9. The van der Waals surface area contributed by atoms with Gasteiger partial charge in [-0.1, -0.05) is 68.5 Å². The second kappa shape index (κ2) is 16.7. The summed E-state index contributed by atoms with van der Waals surface area (Å²) in [6.45, 7) is 14.2. The van der Waals surface area contributed by atoms with Gasteiger partial charge >= 0.3 is 0 Å². The van der Waals surface area contributed by atoms with E-state index in [-0.39, 0.29) is 18.9 Å².